The number of hydrogen-bond donors (Lipinski definition) is 1. The van der Waals surface area contributed by atoms with E-state index in [0.717, 1.165) is 48.9 Å². The summed E-state index contributed by atoms with van der Waals surface area (Å²) in [6, 6.07) is 7.96. The average Bonchev–Trinajstić information content (AvgIpc) is 2.98. The lowest BCUT2D eigenvalue weighted by Gasteiger charge is -2.21. The highest BCUT2D eigenvalue weighted by Crippen LogP contribution is 2.38. The molecule has 0 radical (unpaired) electrons. The van der Waals surface area contributed by atoms with E-state index in [9.17, 15) is 10.4 Å². The maximum absolute atomic E-state index is 10.3. The normalized spacial score (nSPS) is 14.4. The number of benzene rings is 1. The molecule has 26 heavy (non-hydrogen) atoms. The molecule has 1 aliphatic rings. The third-order valence-electron chi connectivity index (χ3n) is 4.80. The zero-order valence-electron chi connectivity index (χ0n) is 15.5. The minimum absolute atomic E-state index is 0.206. The molecule has 0 unspecified atom stereocenters. The van der Waals surface area contributed by atoms with Crippen molar-refractivity contribution in [2.45, 2.75) is 26.8 Å². The van der Waals surface area contributed by atoms with Crippen molar-refractivity contribution in [3.05, 3.63) is 39.8 Å². The maximum Gasteiger partial charge on any atom is 0.134 e. The average molecular weight is 369 g/mol. The fourth-order valence-corrected chi connectivity index (χ4v) is 4.50. The Morgan fingerprint density at radius 3 is 2.81 bits per heavy atom. The predicted molar refractivity (Wildman–Crippen MR) is 108 cm³/mol. The summed E-state index contributed by atoms with van der Waals surface area (Å²) in [5.74, 6) is 0.206. The minimum atomic E-state index is 0.206. The monoisotopic (exact) mass is 368 g/mol. The van der Waals surface area contributed by atoms with Gasteiger partial charge >= 0.3 is 0 Å². The minimum Gasteiger partial charge on any atom is -0.507 e. The maximum atomic E-state index is 10.3. The summed E-state index contributed by atoms with van der Waals surface area (Å²) in [7, 11) is 2.09. The number of aromatic hydroxyl groups is 1. The highest BCUT2D eigenvalue weighted by atomic mass is 32.1. The van der Waals surface area contributed by atoms with Crippen molar-refractivity contribution in [1.82, 2.24) is 4.90 Å². The number of fused-ring (bicyclic) bond motifs is 1. The van der Waals surface area contributed by atoms with E-state index >= 15 is 0 Å². The SMILES string of the molecule is CCN(CC)c1ccc(/C=N/c2sc3c(c2C#N)CCN(C)C3)c(O)c1. The van der Waals surface area contributed by atoms with Gasteiger partial charge in [-0.05, 0) is 45.0 Å². The zero-order chi connectivity index (χ0) is 18.7. The molecule has 1 aromatic heterocycles. The summed E-state index contributed by atoms with van der Waals surface area (Å²) in [6.45, 7) is 7.81. The molecule has 136 valence electrons. The lowest BCUT2D eigenvalue weighted by Crippen LogP contribution is -2.25. The Hall–Kier alpha value is -2.36. The van der Waals surface area contributed by atoms with Crippen LogP contribution in [0.5, 0.6) is 5.75 Å². The van der Waals surface area contributed by atoms with E-state index < -0.39 is 0 Å². The van der Waals surface area contributed by atoms with Crippen LogP contribution in [0, 0.1) is 11.3 Å². The molecule has 0 fully saturated rings. The first-order chi connectivity index (χ1) is 12.6. The predicted octanol–water partition coefficient (Wildman–Crippen LogP) is 3.91. The van der Waals surface area contributed by atoms with Crippen molar-refractivity contribution in [1.29, 1.82) is 5.26 Å². The summed E-state index contributed by atoms with van der Waals surface area (Å²) in [5, 5.41) is 20.6. The third kappa shape index (κ3) is 3.59. The molecule has 0 aliphatic carbocycles. The molecule has 2 aromatic rings. The number of hydrogen-bond acceptors (Lipinski definition) is 6. The molecule has 1 aliphatic heterocycles. The zero-order valence-corrected chi connectivity index (χ0v) is 16.3. The standard InChI is InChI=1S/C20H24N4OS/c1-4-24(5-2)15-7-6-14(18(25)10-15)12-22-20-17(11-21)16-8-9-23(3)13-19(16)26-20/h6-7,10,12,25H,4-5,8-9,13H2,1-3H3/b22-12+. The number of nitrogens with zero attached hydrogens (tertiary/aromatic N) is 4. The van der Waals surface area contributed by atoms with Gasteiger partial charge in [-0.3, -0.25) is 0 Å². The van der Waals surface area contributed by atoms with Gasteiger partial charge in [0.05, 0.1) is 5.56 Å². The number of thiophene rings is 1. The Labute approximate surface area is 158 Å². The van der Waals surface area contributed by atoms with Crippen LogP contribution < -0.4 is 4.90 Å². The van der Waals surface area contributed by atoms with Crippen molar-refractivity contribution in [3.63, 3.8) is 0 Å². The van der Waals surface area contributed by atoms with E-state index in [0.29, 0.717) is 11.1 Å². The Morgan fingerprint density at radius 2 is 2.15 bits per heavy atom. The molecule has 6 heteroatoms. The second-order valence-electron chi connectivity index (χ2n) is 6.46. The molecule has 1 aromatic carbocycles. The van der Waals surface area contributed by atoms with Crippen LogP contribution in [-0.2, 0) is 13.0 Å². The number of phenolic OH excluding ortho intramolecular Hbond substituents is 1. The van der Waals surface area contributed by atoms with Crippen molar-refractivity contribution in [3.8, 4) is 11.8 Å². The molecular weight excluding hydrogens is 344 g/mol. The van der Waals surface area contributed by atoms with Crippen molar-refractivity contribution < 1.29 is 5.11 Å². The van der Waals surface area contributed by atoms with E-state index in [-0.39, 0.29) is 5.75 Å². The molecule has 0 bridgehead atoms. The van der Waals surface area contributed by atoms with Crippen molar-refractivity contribution >= 4 is 28.2 Å². The molecule has 2 heterocycles. The smallest absolute Gasteiger partial charge is 0.134 e. The van der Waals surface area contributed by atoms with Gasteiger partial charge < -0.3 is 14.9 Å². The second kappa shape index (κ2) is 7.90. The molecule has 0 saturated carbocycles. The number of nitriles is 1. The summed E-state index contributed by atoms with van der Waals surface area (Å²) in [4.78, 5) is 10.2. The number of phenols is 1. The fraction of sp³-hybridized carbons (Fsp3) is 0.400. The van der Waals surface area contributed by atoms with Crippen LogP contribution in [0.3, 0.4) is 0 Å². The quantitative estimate of drug-likeness (QED) is 0.813. The fourth-order valence-electron chi connectivity index (χ4n) is 3.28. The van der Waals surface area contributed by atoms with E-state index in [1.807, 2.05) is 12.1 Å². The Morgan fingerprint density at radius 1 is 1.38 bits per heavy atom. The van der Waals surface area contributed by atoms with E-state index in [2.05, 4.69) is 41.8 Å². The van der Waals surface area contributed by atoms with Crippen LogP contribution in [0.4, 0.5) is 10.7 Å². The van der Waals surface area contributed by atoms with Crippen molar-refractivity contribution in [2.75, 3.05) is 31.6 Å². The summed E-state index contributed by atoms with van der Waals surface area (Å²) in [6.07, 6.45) is 2.55. The van der Waals surface area contributed by atoms with Gasteiger partial charge in [0.25, 0.3) is 0 Å². The number of rotatable bonds is 5. The van der Waals surface area contributed by atoms with Crippen LogP contribution >= 0.6 is 11.3 Å². The van der Waals surface area contributed by atoms with Gasteiger partial charge in [0.2, 0.25) is 0 Å². The third-order valence-corrected chi connectivity index (χ3v) is 5.93. The van der Waals surface area contributed by atoms with Gasteiger partial charge in [0, 0.05) is 54.6 Å². The molecule has 0 saturated heterocycles. The van der Waals surface area contributed by atoms with Gasteiger partial charge in [-0.25, -0.2) is 4.99 Å². The van der Waals surface area contributed by atoms with Crippen LogP contribution in [0.2, 0.25) is 0 Å². The largest absolute Gasteiger partial charge is 0.507 e. The molecule has 1 N–H and O–H groups in total. The summed E-state index contributed by atoms with van der Waals surface area (Å²) < 4.78 is 0. The lowest BCUT2D eigenvalue weighted by molar-refractivity contribution is 0.317. The first-order valence-corrected chi connectivity index (χ1v) is 9.74. The van der Waals surface area contributed by atoms with Gasteiger partial charge in [-0.15, -0.1) is 11.3 Å². The molecule has 0 atom stereocenters. The first-order valence-electron chi connectivity index (χ1n) is 8.92. The Kier molecular flexibility index (Phi) is 5.60. The summed E-state index contributed by atoms with van der Waals surface area (Å²) >= 11 is 1.58. The highest BCUT2D eigenvalue weighted by molar-refractivity contribution is 7.16. The number of likely N-dealkylation sites (N-methyl/N-ethyl adjacent to an activating group) is 1. The molecular formula is C20H24N4OS. The van der Waals surface area contributed by atoms with Gasteiger partial charge in [0.1, 0.15) is 16.8 Å². The second-order valence-corrected chi connectivity index (χ2v) is 7.54. The van der Waals surface area contributed by atoms with Gasteiger partial charge in [0.15, 0.2) is 0 Å². The van der Waals surface area contributed by atoms with Gasteiger partial charge in [-0.1, -0.05) is 0 Å². The van der Waals surface area contributed by atoms with Gasteiger partial charge in [-0.2, -0.15) is 5.26 Å². The lowest BCUT2D eigenvalue weighted by atomic mass is 10.0. The van der Waals surface area contributed by atoms with E-state index in [1.54, 1.807) is 23.6 Å². The Balaban J connectivity index is 1.88. The van der Waals surface area contributed by atoms with Crippen molar-refractivity contribution in [2.24, 2.45) is 4.99 Å². The first kappa shape index (κ1) is 18.4. The van der Waals surface area contributed by atoms with Crippen LogP contribution in [0.1, 0.15) is 35.4 Å². The number of anilines is 1. The van der Waals surface area contributed by atoms with E-state index in [4.69, 9.17) is 0 Å². The molecule has 3 rings (SSSR count). The number of aliphatic imine (C=N–C) groups is 1. The topological polar surface area (TPSA) is 62.9 Å². The summed E-state index contributed by atoms with van der Waals surface area (Å²) in [5.41, 5.74) is 3.49. The highest BCUT2D eigenvalue weighted by Gasteiger charge is 2.22. The molecule has 5 nitrogen and oxygen atoms in total. The Bertz CT molecular complexity index is 861. The molecule has 0 amide bonds. The van der Waals surface area contributed by atoms with E-state index in [1.165, 1.54) is 4.88 Å². The van der Waals surface area contributed by atoms with Crippen LogP contribution in [-0.4, -0.2) is 42.9 Å². The van der Waals surface area contributed by atoms with Crippen LogP contribution in [0.15, 0.2) is 23.2 Å². The van der Waals surface area contributed by atoms with Crippen LogP contribution in [0.25, 0.3) is 0 Å². The molecule has 0 spiro atoms.